The highest BCUT2D eigenvalue weighted by molar-refractivity contribution is 5.79. The van der Waals surface area contributed by atoms with E-state index in [2.05, 4.69) is 15.3 Å². The second-order valence-corrected chi connectivity index (χ2v) is 7.35. The highest BCUT2D eigenvalue weighted by atomic mass is 19.4. The summed E-state index contributed by atoms with van der Waals surface area (Å²) in [6.45, 7) is 2.63. The Morgan fingerprint density at radius 3 is 2.63 bits per heavy atom. The van der Waals surface area contributed by atoms with Crippen LogP contribution < -0.4 is 19.7 Å². The number of hydrogen-bond acceptors (Lipinski definition) is 6. The molecule has 1 amide bonds. The molecule has 1 N–H and O–H groups in total. The SMILES string of the molecule is Cc1nc(N2CCC(NC(=O)Cc3ccc4c(c3)OCO4)CC2)cc(C(F)(F)F)n1. The van der Waals surface area contributed by atoms with E-state index in [1.807, 2.05) is 6.07 Å². The summed E-state index contributed by atoms with van der Waals surface area (Å²) in [6, 6.07) is 6.34. The molecule has 3 heterocycles. The number of carbonyl (C=O) groups excluding carboxylic acids is 1. The third kappa shape index (κ3) is 4.58. The first-order valence-corrected chi connectivity index (χ1v) is 9.63. The number of hydrogen-bond donors (Lipinski definition) is 1. The Bertz CT molecular complexity index is 943. The van der Waals surface area contributed by atoms with Gasteiger partial charge in [-0.05, 0) is 37.5 Å². The van der Waals surface area contributed by atoms with Gasteiger partial charge in [-0.2, -0.15) is 13.2 Å². The molecule has 1 saturated heterocycles. The van der Waals surface area contributed by atoms with Gasteiger partial charge in [0.1, 0.15) is 17.3 Å². The first-order chi connectivity index (χ1) is 14.3. The van der Waals surface area contributed by atoms with Crippen molar-refractivity contribution in [1.82, 2.24) is 15.3 Å². The Kier molecular flexibility index (Phi) is 5.40. The highest BCUT2D eigenvalue weighted by Gasteiger charge is 2.34. The lowest BCUT2D eigenvalue weighted by Crippen LogP contribution is -2.45. The molecule has 4 rings (SSSR count). The standard InChI is InChI=1S/C20H21F3N4O3/c1-12-24-17(20(21,22)23)10-18(25-12)27-6-4-14(5-7-27)26-19(28)9-13-2-3-15-16(8-13)30-11-29-15/h2-3,8,10,14H,4-7,9,11H2,1H3,(H,26,28). The maximum absolute atomic E-state index is 13.0. The Balaban J connectivity index is 1.31. The van der Waals surface area contributed by atoms with Crippen LogP contribution in [-0.2, 0) is 17.4 Å². The van der Waals surface area contributed by atoms with Gasteiger partial charge in [-0.1, -0.05) is 6.07 Å². The minimum atomic E-state index is -4.51. The zero-order valence-corrected chi connectivity index (χ0v) is 16.3. The Labute approximate surface area is 171 Å². The quantitative estimate of drug-likeness (QED) is 0.817. The zero-order chi connectivity index (χ0) is 21.3. The van der Waals surface area contributed by atoms with Crippen molar-refractivity contribution in [2.45, 2.75) is 38.4 Å². The van der Waals surface area contributed by atoms with E-state index in [1.54, 1.807) is 17.0 Å². The number of fused-ring (bicyclic) bond motifs is 1. The molecule has 1 aromatic heterocycles. The molecule has 0 bridgehead atoms. The van der Waals surface area contributed by atoms with Crippen LogP contribution in [0.2, 0.25) is 0 Å². The van der Waals surface area contributed by atoms with Crippen LogP contribution in [0.3, 0.4) is 0 Å². The number of nitrogens with zero attached hydrogens (tertiary/aromatic N) is 3. The van der Waals surface area contributed by atoms with E-state index in [-0.39, 0.29) is 36.8 Å². The third-order valence-corrected chi connectivity index (χ3v) is 5.10. The van der Waals surface area contributed by atoms with Gasteiger partial charge in [0.2, 0.25) is 12.7 Å². The van der Waals surface area contributed by atoms with Gasteiger partial charge in [0, 0.05) is 25.2 Å². The van der Waals surface area contributed by atoms with Gasteiger partial charge in [-0.3, -0.25) is 4.79 Å². The van der Waals surface area contributed by atoms with Gasteiger partial charge < -0.3 is 19.7 Å². The van der Waals surface area contributed by atoms with E-state index in [1.165, 1.54) is 6.92 Å². The Hall–Kier alpha value is -3.04. The number of aromatic nitrogens is 2. The summed E-state index contributed by atoms with van der Waals surface area (Å²) in [5, 5.41) is 3.00. The Morgan fingerprint density at radius 2 is 1.90 bits per heavy atom. The molecule has 2 aliphatic rings. The van der Waals surface area contributed by atoms with Crippen molar-refractivity contribution in [3.8, 4) is 11.5 Å². The number of rotatable bonds is 4. The van der Waals surface area contributed by atoms with E-state index in [9.17, 15) is 18.0 Å². The number of carbonyl (C=O) groups is 1. The number of ether oxygens (including phenoxy) is 2. The average molecular weight is 422 g/mol. The summed E-state index contributed by atoms with van der Waals surface area (Å²) in [7, 11) is 0. The molecule has 0 aliphatic carbocycles. The van der Waals surface area contributed by atoms with Crippen molar-refractivity contribution in [3.05, 3.63) is 41.3 Å². The molecule has 0 spiro atoms. The molecule has 2 aromatic rings. The fourth-order valence-electron chi connectivity index (χ4n) is 3.63. The van der Waals surface area contributed by atoms with Crippen molar-refractivity contribution >= 4 is 11.7 Å². The molecule has 10 heteroatoms. The Morgan fingerprint density at radius 1 is 1.17 bits per heavy atom. The van der Waals surface area contributed by atoms with Gasteiger partial charge in [-0.25, -0.2) is 9.97 Å². The van der Waals surface area contributed by atoms with Crippen LogP contribution in [0.1, 0.15) is 29.9 Å². The van der Waals surface area contributed by atoms with E-state index >= 15 is 0 Å². The number of alkyl halides is 3. The van der Waals surface area contributed by atoms with Crippen molar-refractivity contribution in [1.29, 1.82) is 0 Å². The smallest absolute Gasteiger partial charge is 0.433 e. The molecular weight excluding hydrogens is 401 g/mol. The topological polar surface area (TPSA) is 76.6 Å². The van der Waals surface area contributed by atoms with Gasteiger partial charge in [-0.15, -0.1) is 0 Å². The maximum Gasteiger partial charge on any atom is 0.433 e. The molecule has 2 aliphatic heterocycles. The number of anilines is 1. The molecular formula is C20H21F3N4O3. The normalized spacial score (nSPS) is 16.6. The summed E-state index contributed by atoms with van der Waals surface area (Å²) in [5.74, 6) is 1.54. The van der Waals surface area contributed by atoms with Crippen molar-refractivity contribution < 1.29 is 27.4 Å². The summed E-state index contributed by atoms with van der Waals surface area (Å²) in [5.41, 5.74) is -0.116. The maximum atomic E-state index is 13.0. The average Bonchev–Trinajstić information content (AvgIpc) is 3.15. The summed E-state index contributed by atoms with van der Waals surface area (Å²) < 4.78 is 49.6. The number of piperidine rings is 1. The number of nitrogens with one attached hydrogen (secondary N) is 1. The van der Waals surface area contributed by atoms with Gasteiger partial charge >= 0.3 is 6.18 Å². The van der Waals surface area contributed by atoms with E-state index < -0.39 is 11.9 Å². The number of benzene rings is 1. The largest absolute Gasteiger partial charge is 0.454 e. The lowest BCUT2D eigenvalue weighted by Gasteiger charge is -2.33. The second kappa shape index (κ2) is 8.00. The molecule has 30 heavy (non-hydrogen) atoms. The van der Waals surface area contributed by atoms with E-state index in [0.29, 0.717) is 37.4 Å². The summed E-state index contributed by atoms with van der Waals surface area (Å²) in [6.07, 6.45) is -3.05. The number of amides is 1. The fourth-order valence-corrected chi connectivity index (χ4v) is 3.63. The van der Waals surface area contributed by atoms with Crippen molar-refractivity contribution in [2.24, 2.45) is 0 Å². The predicted octanol–water partition coefficient (Wildman–Crippen LogP) is 2.86. The van der Waals surface area contributed by atoms with Crippen molar-refractivity contribution in [3.63, 3.8) is 0 Å². The first-order valence-electron chi connectivity index (χ1n) is 9.63. The lowest BCUT2D eigenvalue weighted by molar-refractivity contribution is -0.141. The van der Waals surface area contributed by atoms with Gasteiger partial charge in [0.05, 0.1) is 6.42 Å². The minimum absolute atomic E-state index is 0.0345. The molecule has 0 saturated carbocycles. The molecule has 0 radical (unpaired) electrons. The van der Waals surface area contributed by atoms with E-state index in [0.717, 1.165) is 11.6 Å². The number of aryl methyl sites for hydroxylation is 1. The van der Waals surface area contributed by atoms with Gasteiger partial charge in [0.25, 0.3) is 0 Å². The third-order valence-electron chi connectivity index (χ3n) is 5.10. The number of halogens is 3. The van der Waals surface area contributed by atoms with Crippen LogP contribution >= 0.6 is 0 Å². The lowest BCUT2D eigenvalue weighted by atomic mass is 10.0. The molecule has 0 unspecified atom stereocenters. The first kappa shape index (κ1) is 20.2. The predicted molar refractivity (Wildman–Crippen MR) is 101 cm³/mol. The van der Waals surface area contributed by atoms with E-state index in [4.69, 9.17) is 9.47 Å². The van der Waals surface area contributed by atoms with Gasteiger partial charge in [0.15, 0.2) is 11.5 Å². The molecule has 160 valence electrons. The van der Waals surface area contributed by atoms with Crippen LogP contribution in [0.4, 0.5) is 19.0 Å². The van der Waals surface area contributed by atoms with Crippen molar-refractivity contribution in [2.75, 3.05) is 24.8 Å². The second-order valence-electron chi connectivity index (χ2n) is 7.35. The summed E-state index contributed by atoms with van der Waals surface area (Å²) in [4.78, 5) is 21.8. The van der Waals surface area contributed by atoms with Crippen LogP contribution in [0.15, 0.2) is 24.3 Å². The van der Waals surface area contributed by atoms with Crippen LogP contribution in [0, 0.1) is 6.92 Å². The van der Waals surface area contributed by atoms with Crippen LogP contribution in [0.5, 0.6) is 11.5 Å². The summed E-state index contributed by atoms with van der Waals surface area (Å²) >= 11 is 0. The fraction of sp³-hybridized carbons (Fsp3) is 0.450. The van der Waals surface area contributed by atoms with Crippen LogP contribution in [-0.4, -0.2) is 41.8 Å². The molecule has 1 aromatic carbocycles. The van der Waals surface area contributed by atoms with Crippen LogP contribution in [0.25, 0.3) is 0 Å². The molecule has 1 fully saturated rings. The molecule has 7 nitrogen and oxygen atoms in total. The minimum Gasteiger partial charge on any atom is -0.454 e. The monoisotopic (exact) mass is 422 g/mol. The zero-order valence-electron chi connectivity index (χ0n) is 16.3. The highest BCUT2D eigenvalue weighted by Crippen LogP contribution is 2.33. The molecule has 0 atom stereocenters.